The molecule has 0 radical (unpaired) electrons. The predicted molar refractivity (Wildman–Crippen MR) is 98.0 cm³/mol. The van der Waals surface area contributed by atoms with Gasteiger partial charge in [0, 0.05) is 19.1 Å². The summed E-state index contributed by atoms with van der Waals surface area (Å²) < 4.78 is 0. The Morgan fingerprint density at radius 1 is 1.26 bits per heavy atom. The number of piperidine rings is 1. The third-order valence-corrected chi connectivity index (χ3v) is 5.59. The van der Waals surface area contributed by atoms with Gasteiger partial charge in [-0.05, 0) is 56.6 Å². The third kappa shape index (κ3) is 4.13. The predicted octanol–water partition coefficient (Wildman–Crippen LogP) is 3.99. The van der Waals surface area contributed by atoms with Gasteiger partial charge in [-0.2, -0.15) is 0 Å². The summed E-state index contributed by atoms with van der Waals surface area (Å²) in [4.78, 5) is 2.62. The van der Waals surface area contributed by atoms with Gasteiger partial charge in [0.25, 0.3) is 0 Å². The number of rotatable bonds is 4. The number of nitrogens with two attached hydrogens (primary N) is 1. The number of hydrogen-bond donors (Lipinski definition) is 1. The van der Waals surface area contributed by atoms with E-state index in [-0.39, 0.29) is 0 Å². The average Bonchev–Trinajstić information content (AvgIpc) is 2.56. The van der Waals surface area contributed by atoms with E-state index in [0.29, 0.717) is 23.8 Å². The van der Waals surface area contributed by atoms with Gasteiger partial charge in [0.05, 0.1) is 0 Å². The largest absolute Gasteiger partial charge is 0.328 e. The van der Waals surface area contributed by atoms with E-state index >= 15 is 0 Å². The standard InChI is InChI=1S/C21H30N2/c1-16-8-10-19(11-9-16)21-15-23(13-12-20(21)17(2)22)14-18-6-4-3-5-7-18/h3-10,17,19-21H,11-15,22H2,1-2H3/t17?,19?,20-,21-/m1/s1. The van der Waals surface area contributed by atoms with Crippen LogP contribution < -0.4 is 5.73 Å². The summed E-state index contributed by atoms with van der Waals surface area (Å²) in [6.45, 7) is 7.79. The summed E-state index contributed by atoms with van der Waals surface area (Å²) in [7, 11) is 0. The van der Waals surface area contributed by atoms with Gasteiger partial charge in [-0.15, -0.1) is 0 Å². The zero-order valence-electron chi connectivity index (χ0n) is 14.5. The molecule has 1 fully saturated rings. The molecule has 0 bridgehead atoms. The van der Waals surface area contributed by atoms with E-state index in [0.717, 1.165) is 6.54 Å². The first-order valence-electron chi connectivity index (χ1n) is 9.00. The molecule has 1 saturated heterocycles. The highest BCUT2D eigenvalue weighted by Crippen LogP contribution is 2.36. The van der Waals surface area contributed by atoms with Crippen molar-refractivity contribution >= 4 is 0 Å². The minimum Gasteiger partial charge on any atom is -0.328 e. The van der Waals surface area contributed by atoms with Gasteiger partial charge < -0.3 is 5.73 Å². The van der Waals surface area contributed by atoms with Crippen LogP contribution in [0.25, 0.3) is 0 Å². The van der Waals surface area contributed by atoms with E-state index in [1.54, 1.807) is 0 Å². The van der Waals surface area contributed by atoms with Crippen molar-refractivity contribution < 1.29 is 0 Å². The van der Waals surface area contributed by atoms with E-state index in [1.807, 2.05) is 0 Å². The Hall–Kier alpha value is -1.38. The van der Waals surface area contributed by atoms with Gasteiger partial charge in [0.1, 0.15) is 0 Å². The molecule has 2 unspecified atom stereocenters. The van der Waals surface area contributed by atoms with Crippen molar-refractivity contribution in [2.24, 2.45) is 23.5 Å². The minimum atomic E-state index is 0.291. The molecule has 0 spiro atoms. The molecule has 3 rings (SSSR count). The number of likely N-dealkylation sites (tertiary alicyclic amines) is 1. The smallest absolute Gasteiger partial charge is 0.0233 e. The molecule has 1 aliphatic carbocycles. The summed E-state index contributed by atoms with van der Waals surface area (Å²) in [6.07, 6.45) is 9.51. The van der Waals surface area contributed by atoms with Gasteiger partial charge >= 0.3 is 0 Å². The summed E-state index contributed by atoms with van der Waals surface area (Å²) in [6, 6.07) is 11.1. The number of benzene rings is 1. The molecule has 0 aromatic heterocycles. The third-order valence-electron chi connectivity index (χ3n) is 5.59. The first kappa shape index (κ1) is 16.5. The van der Waals surface area contributed by atoms with Crippen LogP contribution in [-0.2, 0) is 6.54 Å². The zero-order chi connectivity index (χ0) is 16.2. The topological polar surface area (TPSA) is 29.3 Å². The molecule has 1 heterocycles. The van der Waals surface area contributed by atoms with Crippen molar-refractivity contribution in [2.75, 3.05) is 13.1 Å². The molecule has 1 aromatic carbocycles. The molecule has 2 aliphatic rings. The quantitative estimate of drug-likeness (QED) is 0.911. The second-order valence-corrected chi connectivity index (χ2v) is 7.40. The minimum absolute atomic E-state index is 0.291. The van der Waals surface area contributed by atoms with Crippen molar-refractivity contribution in [3.63, 3.8) is 0 Å². The highest BCUT2D eigenvalue weighted by Gasteiger charge is 2.35. The van der Waals surface area contributed by atoms with Crippen LogP contribution in [0.15, 0.2) is 54.1 Å². The van der Waals surface area contributed by atoms with Crippen molar-refractivity contribution in [3.05, 3.63) is 59.7 Å². The van der Waals surface area contributed by atoms with Crippen molar-refractivity contribution in [3.8, 4) is 0 Å². The Morgan fingerprint density at radius 2 is 2.04 bits per heavy atom. The summed E-state index contributed by atoms with van der Waals surface area (Å²) in [5.74, 6) is 1.96. The number of hydrogen-bond acceptors (Lipinski definition) is 2. The molecular weight excluding hydrogens is 280 g/mol. The Balaban J connectivity index is 1.70. The molecule has 2 heteroatoms. The van der Waals surface area contributed by atoms with Crippen molar-refractivity contribution in [1.29, 1.82) is 0 Å². The van der Waals surface area contributed by atoms with Gasteiger partial charge in [0.2, 0.25) is 0 Å². The molecule has 23 heavy (non-hydrogen) atoms. The van der Waals surface area contributed by atoms with Crippen molar-refractivity contribution in [1.82, 2.24) is 4.90 Å². The summed E-state index contributed by atoms with van der Waals surface area (Å²) in [5.41, 5.74) is 9.15. The molecule has 1 aliphatic heterocycles. The summed E-state index contributed by atoms with van der Waals surface area (Å²) >= 11 is 0. The van der Waals surface area contributed by atoms with Gasteiger partial charge in [-0.25, -0.2) is 0 Å². The lowest BCUT2D eigenvalue weighted by molar-refractivity contribution is 0.0757. The maximum atomic E-state index is 6.33. The van der Waals surface area contributed by atoms with Crippen LogP contribution >= 0.6 is 0 Å². The van der Waals surface area contributed by atoms with Gasteiger partial charge in [-0.3, -0.25) is 4.90 Å². The molecule has 0 saturated carbocycles. The number of allylic oxidation sites excluding steroid dienone is 4. The van der Waals surface area contributed by atoms with Crippen LogP contribution in [0.2, 0.25) is 0 Å². The fraction of sp³-hybridized carbons (Fsp3) is 0.524. The first-order chi connectivity index (χ1) is 11.1. The molecule has 0 amide bonds. The first-order valence-corrected chi connectivity index (χ1v) is 9.00. The van der Waals surface area contributed by atoms with E-state index in [4.69, 9.17) is 5.73 Å². The molecule has 124 valence electrons. The maximum absolute atomic E-state index is 6.33. The molecular formula is C21H30N2. The monoisotopic (exact) mass is 310 g/mol. The molecule has 1 aromatic rings. The molecule has 2 nitrogen and oxygen atoms in total. The van der Waals surface area contributed by atoms with Crippen LogP contribution in [-0.4, -0.2) is 24.0 Å². The SMILES string of the molecule is CC1=CCC([C@H]2CN(Cc3ccccc3)CC[C@@H]2C(C)N)C=C1. The second kappa shape index (κ2) is 7.46. The lowest BCUT2D eigenvalue weighted by Crippen LogP contribution is -2.48. The fourth-order valence-corrected chi connectivity index (χ4v) is 4.22. The Morgan fingerprint density at radius 3 is 2.70 bits per heavy atom. The number of nitrogens with zero attached hydrogens (tertiary/aromatic N) is 1. The van der Waals surface area contributed by atoms with E-state index in [1.165, 1.54) is 37.1 Å². The average molecular weight is 310 g/mol. The normalized spacial score (nSPS) is 30.0. The van der Waals surface area contributed by atoms with Crippen LogP contribution in [0.3, 0.4) is 0 Å². The summed E-state index contributed by atoms with van der Waals surface area (Å²) in [5, 5.41) is 0. The van der Waals surface area contributed by atoms with Gasteiger partial charge in [0.15, 0.2) is 0 Å². The molecule has 4 atom stereocenters. The maximum Gasteiger partial charge on any atom is 0.0233 e. The van der Waals surface area contributed by atoms with E-state index in [9.17, 15) is 0 Å². The van der Waals surface area contributed by atoms with E-state index < -0.39 is 0 Å². The zero-order valence-corrected chi connectivity index (χ0v) is 14.5. The second-order valence-electron chi connectivity index (χ2n) is 7.40. The van der Waals surface area contributed by atoms with E-state index in [2.05, 4.69) is 67.3 Å². The highest BCUT2D eigenvalue weighted by molar-refractivity contribution is 5.22. The Labute approximate surface area is 141 Å². The van der Waals surface area contributed by atoms with Crippen LogP contribution in [0.1, 0.15) is 32.3 Å². The molecule has 2 N–H and O–H groups in total. The van der Waals surface area contributed by atoms with Crippen LogP contribution in [0, 0.1) is 17.8 Å². The fourth-order valence-electron chi connectivity index (χ4n) is 4.22. The highest BCUT2D eigenvalue weighted by atomic mass is 15.1. The Bertz CT molecular complexity index is 558. The Kier molecular flexibility index (Phi) is 5.34. The van der Waals surface area contributed by atoms with Crippen molar-refractivity contribution in [2.45, 2.75) is 39.3 Å². The lowest BCUT2D eigenvalue weighted by Gasteiger charge is -2.43. The van der Waals surface area contributed by atoms with Gasteiger partial charge in [-0.1, -0.05) is 54.1 Å². The van der Waals surface area contributed by atoms with Crippen LogP contribution in [0.5, 0.6) is 0 Å². The van der Waals surface area contributed by atoms with Crippen LogP contribution in [0.4, 0.5) is 0 Å². The lowest BCUT2D eigenvalue weighted by atomic mass is 9.71.